The van der Waals surface area contributed by atoms with Crippen molar-refractivity contribution in [3.63, 3.8) is 0 Å². The van der Waals surface area contributed by atoms with Crippen LogP contribution in [0.2, 0.25) is 0 Å². The number of rotatable bonds is 6. The third-order valence-corrected chi connectivity index (χ3v) is 6.55. The number of hydrogen-bond donors (Lipinski definition) is 1. The molecular formula is C16H28O2S. The zero-order chi connectivity index (χ0) is 13.7. The van der Waals surface area contributed by atoms with Gasteiger partial charge in [-0.15, -0.1) is 0 Å². The summed E-state index contributed by atoms with van der Waals surface area (Å²) in [6.45, 7) is 2.24. The van der Waals surface area contributed by atoms with Crippen LogP contribution in [0.4, 0.5) is 0 Å². The van der Waals surface area contributed by atoms with Crippen molar-refractivity contribution in [3.8, 4) is 0 Å². The second-order valence-electron chi connectivity index (χ2n) is 6.43. The van der Waals surface area contributed by atoms with Gasteiger partial charge >= 0.3 is 5.97 Å². The smallest absolute Gasteiger partial charge is 0.307 e. The minimum absolute atomic E-state index is 0.0838. The maximum absolute atomic E-state index is 11.4. The number of hydrogen-bond acceptors (Lipinski definition) is 2. The van der Waals surface area contributed by atoms with E-state index in [4.69, 9.17) is 0 Å². The van der Waals surface area contributed by atoms with Gasteiger partial charge in [0, 0.05) is 5.25 Å². The molecule has 3 unspecified atom stereocenters. The lowest BCUT2D eigenvalue weighted by molar-refractivity contribution is -0.142. The fourth-order valence-electron chi connectivity index (χ4n) is 3.79. The van der Waals surface area contributed by atoms with Gasteiger partial charge in [-0.05, 0) is 49.7 Å². The monoisotopic (exact) mass is 284 g/mol. The first-order valence-electron chi connectivity index (χ1n) is 8.05. The Kier molecular flexibility index (Phi) is 6.06. The molecule has 0 aromatic heterocycles. The Hall–Kier alpha value is -0.180. The van der Waals surface area contributed by atoms with Crippen molar-refractivity contribution in [2.75, 3.05) is 5.75 Å². The van der Waals surface area contributed by atoms with Gasteiger partial charge in [-0.2, -0.15) is 11.8 Å². The van der Waals surface area contributed by atoms with Gasteiger partial charge in [0.2, 0.25) is 0 Å². The Morgan fingerprint density at radius 1 is 1.16 bits per heavy atom. The molecule has 2 fully saturated rings. The van der Waals surface area contributed by atoms with E-state index >= 15 is 0 Å². The molecule has 1 N–H and O–H groups in total. The highest BCUT2D eigenvalue weighted by atomic mass is 32.2. The van der Waals surface area contributed by atoms with Crippen molar-refractivity contribution < 1.29 is 9.90 Å². The number of carbonyl (C=O) groups is 1. The van der Waals surface area contributed by atoms with E-state index in [1.165, 1.54) is 44.3 Å². The number of thioether (sulfide) groups is 1. The summed E-state index contributed by atoms with van der Waals surface area (Å²) in [4.78, 5) is 11.4. The van der Waals surface area contributed by atoms with E-state index in [0.29, 0.717) is 5.25 Å². The first kappa shape index (κ1) is 15.2. The summed E-state index contributed by atoms with van der Waals surface area (Å²) in [5.41, 5.74) is 0. The molecule has 2 nitrogen and oxygen atoms in total. The molecule has 0 spiro atoms. The summed E-state index contributed by atoms with van der Waals surface area (Å²) < 4.78 is 0. The summed E-state index contributed by atoms with van der Waals surface area (Å²) in [5.74, 6) is 2.21. The first-order valence-corrected chi connectivity index (χ1v) is 9.10. The number of carboxylic acid groups (broad SMARTS) is 1. The third-order valence-electron chi connectivity index (χ3n) is 4.94. The molecule has 2 saturated carbocycles. The summed E-state index contributed by atoms with van der Waals surface area (Å²) >= 11 is 1.98. The molecule has 0 aliphatic heterocycles. The highest BCUT2D eigenvalue weighted by molar-refractivity contribution is 7.99. The average Bonchev–Trinajstić information content (AvgIpc) is 2.89. The van der Waals surface area contributed by atoms with Gasteiger partial charge in [0.15, 0.2) is 0 Å². The van der Waals surface area contributed by atoms with E-state index in [1.807, 2.05) is 11.8 Å². The molecule has 2 rings (SSSR count). The Bertz CT molecular complexity index is 286. The van der Waals surface area contributed by atoms with E-state index in [1.54, 1.807) is 0 Å². The molecule has 0 bridgehead atoms. The van der Waals surface area contributed by atoms with E-state index in [-0.39, 0.29) is 5.92 Å². The quantitative estimate of drug-likeness (QED) is 0.775. The number of aliphatic carboxylic acids is 1. The minimum Gasteiger partial charge on any atom is -0.481 e. The van der Waals surface area contributed by atoms with Crippen molar-refractivity contribution in [3.05, 3.63) is 0 Å². The Balaban J connectivity index is 1.85. The van der Waals surface area contributed by atoms with E-state index < -0.39 is 5.97 Å². The van der Waals surface area contributed by atoms with Crippen molar-refractivity contribution >= 4 is 17.7 Å². The second-order valence-corrected chi connectivity index (χ2v) is 7.71. The summed E-state index contributed by atoms with van der Waals surface area (Å²) in [6, 6.07) is 0. The van der Waals surface area contributed by atoms with Gasteiger partial charge in [-0.25, -0.2) is 0 Å². The molecule has 19 heavy (non-hydrogen) atoms. The molecular weight excluding hydrogens is 256 g/mol. The maximum atomic E-state index is 11.4. The normalized spacial score (nSPS) is 32.6. The predicted molar refractivity (Wildman–Crippen MR) is 81.6 cm³/mol. The summed E-state index contributed by atoms with van der Waals surface area (Å²) in [6.07, 6.45) is 11.2. The lowest BCUT2D eigenvalue weighted by Gasteiger charge is -2.34. The van der Waals surface area contributed by atoms with E-state index in [2.05, 4.69) is 6.92 Å². The van der Waals surface area contributed by atoms with Crippen LogP contribution in [0.15, 0.2) is 0 Å². The molecule has 3 atom stereocenters. The van der Waals surface area contributed by atoms with Gasteiger partial charge in [0.05, 0.1) is 5.92 Å². The van der Waals surface area contributed by atoms with Crippen LogP contribution in [0, 0.1) is 17.8 Å². The van der Waals surface area contributed by atoms with Crippen molar-refractivity contribution in [1.82, 2.24) is 0 Å². The fraction of sp³-hybridized carbons (Fsp3) is 0.938. The van der Waals surface area contributed by atoms with Gasteiger partial charge in [0.25, 0.3) is 0 Å². The van der Waals surface area contributed by atoms with Gasteiger partial charge in [-0.3, -0.25) is 4.79 Å². The topological polar surface area (TPSA) is 37.3 Å². The molecule has 2 aliphatic rings. The van der Waals surface area contributed by atoms with Crippen molar-refractivity contribution in [2.45, 2.75) is 70.0 Å². The standard InChI is InChI=1S/C16H28O2S/c1-2-5-12-8-9-14(16(17)18)15(10-12)19-11-13-6-3-4-7-13/h12-15H,2-11H2,1H3,(H,17,18). The second kappa shape index (κ2) is 7.56. The highest BCUT2D eigenvalue weighted by Gasteiger charge is 2.35. The average molecular weight is 284 g/mol. The summed E-state index contributed by atoms with van der Waals surface area (Å²) in [5, 5.41) is 9.78. The lowest BCUT2D eigenvalue weighted by Crippen LogP contribution is -2.33. The van der Waals surface area contributed by atoms with Gasteiger partial charge < -0.3 is 5.11 Å². The van der Waals surface area contributed by atoms with Crippen LogP contribution in [-0.4, -0.2) is 22.1 Å². The van der Waals surface area contributed by atoms with Gasteiger partial charge in [-0.1, -0.05) is 32.6 Å². The van der Waals surface area contributed by atoms with Gasteiger partial charge in [0.1, 0.15) is 0 Å². The highest BCUT2D eigenvalue weighted by Crippen LogP contribution is 2.40. The molecule has 0 heterocycles. The summed E-state index contributed by atoms with van der Waals surface area (Å²) in [7, 11) is 0. The first-order chi connectivity index (χ1) is 9.20. The Morgan fingerprint density at radius 3 is 2.53 bits per heavy atom. The van der Waals surface area contributed by atoms with Crippen LogP contribution in [0.1, 0.15) is 64.7 Å². The maximum Gasteiger partial charge on any atom is 0.307 e. The third kappa shape index (κ3) is 4.40. The van der Waals surface area contributed by atoms with Crippen LogP contribution >= 0.6 is 11.8 Å². The molecule has 0 radical (unpaired) electrons. The SMILES string of the molecule is CCCC1CCC(C(=O)O)C(SCC2CCCC2)C1. The Labute approximate surface area is 121 Å². The van der Waals surface area contributed by atoms with Crippen LogP contribution in [0.3, 0.4) is 0 Å². The molecule has 0 amide bonds. The lowest BCUT2D eigenvalue weighted by atomic mass is 9.80. The molecule has 0 aromatic rings. The van der Waals surface area contributed by atoms with Crippen LogP contribution < -0.4 is 0 Å². The zero-order valence-electron chi connectivity index (χ0n) is 12.1. The molecule has 0 saturated heterocycles. The van der Waals surface area contributed by atoms with E-state index in [0.717, 1.165) is 31.1 Å². The predicted octanol–water partition coefficient (Wildman–Crippen LogP) is 4.58. The fourth-order valence-corrected chi connectivity index (χ4v) is 5.53. The van der Waals surface area contributed by atoms with Crippen molar-refractivity contribution in [1.29, 1.82) is 0 Å². The zero-order valence-corrected chi connectivity index (χ0v) is 13.0. The molecule has 110 valence electrons. The minimum atomic E-state index is -0.557. The van der Waals surface area contributed by atoms with Crippen LogP contribution in [0.5, 0.6) is 0 Å². The largest absolute Gasteiger partial charge is 0.481 e. The number of carboxylic acids is 1. The molecule has 2 aliphatic carbocycles. The van der Waals surface area contributed by atoms with E-state index in [9.17, 15) is 9.90 Å². The van der Waals surface area contributed by atoms with Crippen molar-refractivity contribution in [2.24, 2.45) is 17.8 Å². The molecule has 3 heteroatoms. The molecule has 0 aromatic carbocycles. The Morgan fingerprint density at radius 2 is 1.89 bits per heavy atom. The van der Waals surface area contributed by atoms with Crippen LogP contribution in [-0.2, 0) is 4.79 Å². The van der Waals surface area contributed by atoms with Crippen LogP contribution in [0.25, 0.3) is 0 Å².